The molecule has 0 bridgehead atoms. The fourth-order valence-corrected chi connectivity index (χ4v) is 1.96. The summed E-state index contributed by atoms with van der Waals surface area (Å²) in [6.07, 6.45) is 5.82. The summed E-state index contributed by atoms with van der Waals surface area (Å²) < 4.78 is 0. The molecule has 0 aliphatic heterocycles. The summed E-state index contributed by atoms with van der Waals surface area (Å²) in [5.41, 5.74) is -0.512. The van der Waals surface area contributed by atoms with Crippen LogP contribution < -0.4 is 5.32 Å². The first-order valence-corrected chi connectivity index (χ1v) is 5.49. The van der Waals surface area contributed by atoms with Crippen molar-refractivity contribution < 1.29 is 5.11 Å². The third kappa shape index (κ3) is 3.65. The number of nitrogens with one attached hydrogen (secondary N) is 1. The Kier molecular flexibility index (Phi) is 4.37. The number of rotatable bonds is 4. The second kappa shape index (κ2) is 5.33. The highest BCUT2D eigenvalue weighted by atomic mass is 16.3. The molecule has 2 N–H and O–H groups in total. The fraction of sp³-hybridized carbons (Fsp3) is 0.909. The maximum Gasteiger partial charge on any atom is 0.0771 e. The van der Waals surface area contributed by atoms with Gasteiger partial charge in [-0.25, -0.2) is 0 Å². The topological polar surface area (TPSA) is 56.0 Å². The van der Waals surface area contributed by atoms with Gasteiger partial charge in [0.1, 0.15) is 0 Å². The summed E-state index contributed by atoms with van der Waals surface area (Å²) in [5.74, 6) is 0. The maximum atomic E-state index is 10.1. The summed E-state index contributed by atoms with van der Waals surface area (Å²) in [6.45, 7) is 2.62. The van der Waals surface area contributed by atoms with E-state index in [9.17, 15) is 5.11 Å². The Morgan fingerprint density at radius 1 is 1.43 bits per heavy atom. The number of nitrogens with zero attached hydrogens (tertiary/aromatic N) is 1. The van der Waals surface area contributed by atoms with Crippen molar-refractivity contribution >= 4 is 0 Å². The third-order valence-electron chi connectivity index (χ3n) is 2.96. The molecule has 0 amide bonds. The van der Waals surface area contributed by atoms with Gasteiger partial charge in [-0.15, -0.1) is 0 Å². The Bertz CT molecular complexity index is 204. The Morgan fingerprint density at radius 2 is 2.07 bits per heavy atom. The summed E-state index contributed by atoms with van der Waals surface area (Å²) in [5, 5.41) is 21.8. The van der Waals surface area contributed by atoms with Crippen molar-refractivity contribution in [1.82, 2.24) is 5.32 Å². The van der Waals surface area contributed by atoms with Gasteiger partial charge < -0.3 is 10.4 Å². The molecular formula is C11H20N2O. The molecule has 0 aromatic heterocycles. The van der Waals surface area contributed by atoms with Crippen LogP contribution >= 0.6 is 0 Å². The average Bonchev–Trinajstić information content (AvgIpc) is 2.17. The van der Waals surface area contributed by atoms with E-state index in [2.05, 4.69) is 11.4 Å². The third-order valence-corrected chi connectivity index (χ3v) is 2.96. The second-order valence-electron chi connectivity index (χ2n) is 4.43. The van der Waals surface area contributed by atoms with Crippen LogP contribution in [0.2, 0.25) is 0 Å². The monoisotopic (exact) mass is 196 g/mol. The van der Waals surface area contributed by atoms with Crippen molar-refractivity contribution in [2.45, 2.75) is 57.1 Å². The number of hydrogen-bond acceptors (Lipinski definition) is 3. The van der Waals surface area contributed by atoms with Gasteiger partial charge in [0.25, 0.3) is 0 Å². The predicted octanol–water partition coefficient (Wildman–Crippen LogP) is 1.57. The van der Waals surface area contributed by atoms with Gasteiger partial charge >= 0.3 is 0 Å². The largest absolute Gasteiger partial charge is 0.389 e. The lowest BCUT2D eigenvalue weighted by molar-refractivity contribution is 0.00315. The highest BCUT2D eigenvalue weighted by Gasteiger charge is 2.28. The summed E-state index contributed by atoms with van der Waals surface area (Å²) in [6, 6.07) is 2.31. The van der Waals surface area contributed by atoms with E-state index >= 15 is 0 Å². The molecule has 0 radical (unpaired) electrons. The van der Waals surface area contributed by atoms with E-state index in [1.807, 2.05) is 6.92 Å². The van der Waals surface area contributed by atoms with Crippen LogP contribution in [0.3, 0.4) is 0 Å². The first kappa shape index (κ1) is 11.5. The number of hydrogen-bond donors (Lipinski definition) is 2. The molecule has 0 aromatic carbocycles. The van der Waals surface area contributed by atoms with Crippen LogP contribution in [0.15, 0.2) is 0 Å². The first-order chi connectivity index (χ1) is 6.66. The molecule has 3 heteroatoms. The van der Waals surface area contributed by atoms with E-state index in [-0.39, 0.29) is 6.04 Å². The van der Waals surface area contributed by atoms with Crippen LogP contribution in [-0.2, 0) is 0 Å². The lowest BCUT2D eigenvalue weighted by Gasteiger charge is -2.33. The molecule has 1 fully saturated rings. The Hall–Kier alpha value is -0.590. The van der Waals surface area contributed by atoms with Gasteiger partial charge in [0.15, 0.2) is 0 Å². The van der Waals surface area contributed by atoms with Crippen LogP contribution in [0, 0.1) is 11.3 Å². The molecule has 14 heavy (non-hydrogen) atoms. The van der Waals surface area contributed by atoms with Crippen molar-refractivity contribution in [2.75, 3.05) is 6.54 Å². The molecule has 1 aliphatic carbocycles. The van der Waals surface area contributed by atoms with Crippen molar-refractivity contribution in [3.8, 4) is 6.07 Å². The lowest BCUT2D eigenvalue weighted by atomic mass is 9.85. The van der Waals surface area contributed by atoms with E-state index in [0.717, 1.165) is 25.7 Å². The standard InChI is InChI=1S/C11H20N2O/c1-10(5-8-12)13-9-11(14)6-3-2-4-7-11/h10,13-14H,2-7,9H2,1H3. The van der Waals surface area contributed by atoms with Crippen LogP contribution in [0.25, 0.3) is 0 Å². The Labute approximate surface area is 86.1 Å². The van der Waals surface area contributed by atoms with Crippen LogP contribution in [-0.4, -0.2) is 23.3 Å². The Balaban J connectivity index is 2.25. The molecule has 1 unspecified atom stereocenters. The van der Waals surface area contributed by atoms with E-state index in [1.54, 1.807) is 0 Å². The summed E-state index contributed by atoms with van der Waals surface area (Å²) in [7, 11) is 0. The fourth-order valence-electron chi connectivity index (χ4n) is 1.96. The summed E-state index contributed by atoms with van der Waals surface area (Å²) in [4.78, 5) is 0. The normalized spacial score (nSPS) is 22.6. The van der Waals surface area contributed by atoms with E-state index in [4.69, 9.17) is 5.26 Å². The van der Waals surface area contributed by atoms with Gasteiger partial charge in [0.2, 0.25) is 0 Å². The summed E-state index contributed by atoms with van der Waals surface area (Å²) >= 11 is 0. The molecule has 0 heterocycles. The highest BCUT2D eigenvalue weighted by molar-refractivity contribution is 4.86. The zero-order valence-corrected chi connectivity index (χ0v) is 8.92. The van der Waals surface area contributed by atoms with Crippen molar-refractivity contribution in [3.63, 3.8) is 0 Å². The molecule has 0 saturated heterocycles. The van der Waals surface area contributed by atoms with Crippen molar-refractivity contribution in [1.29, 1.82) is 5.26 Å². The van der Waals surface area contributed by atoms with Gasteiger partial charge in [-0.1, -0.05) is 19.3 Å². The van der Waals surface area contributed by atoms with Gasteiger partial charge in [0.05, 0.1) is 18.1 Å². The lowest BCUT2D eigenvalue weighted by Crippen LogP contribution is -2.44. The Morgan fingerprint density at radius 3 is 2.64 bits per heavy atom. The zero-order valence-electron chi connectivity index (χ0n) is 8.92. The molecule has 3 nitrogen and oxygen atoms in total. The van der Waals surface area contributed by atoms with Crippen LogP contribution in [0.1, 0.15) is 45.4 Å². The highest BCUT2D eigenvalue weighted by Crippen LogP contribution is 2.27. The smallest absolute Gasteiger partial charge is 0.0771 e. The van der Waals surface area contributed by atoms with E-state index in [0.29, 0.717) is 13.0 Å². The maximum absolute atomic E-state index is 10.1. The molecule has 80 valence electrons. The van der Waals surface area contributed by atoms with Crippen LogP contribution in [0.5, 0.6) is 0 Å². The second-order valence-corrected chi connectivity index (χ2v) is 4.43. The average molecular weight is 196 g/mol. The molecule has 1 saturated carbocycles. The van der Waals surface area contributed by atoms with E-state index in [1.165, 1.54) is 6.42 Å². The number of aliphatic hydroxyl groups is 1. The van der Waals surface area contributed by atoms with Gasteiger partial charge in [-0.3, -0.25) is 0 Å². The molecule has 0 aromatic rings. The van der Waals surface area contributed by atoms with Gasteiger partial charge in [-0.2, -0.15) is 5.26 Å². The van der Waals surface area contributed by atoms with Crippen molar-refractivity contribution in [2.24, 2.45) is 0 Å². The SMILES string of the molecule is CC(CC#N)NCC1(O)CCCCC1. The number of nitriles is 1. The zero-order chi connectivity index (χ0) is 10.4. The molecule has 1 aliphatic rings. The van der Waals surface area contributed by atoms with Gasteiger partial charge in [0, 0.05) is 12.6 Å². The van der Waals surface area contributed by atoms with Gasteiger partial charge in [-0.05, 0) is 19.8 Å². The first-order valence-electron chi connectivity index (χ1n) is 5.49. The molecule has 1 rings (SSSR count). The predicted molar refractivity (Wildman–Crippen MR) is 55.7 cm³/mol. The molecule has 1 atom stereocenters. The minimum Gasteiger partial charge on any atom is -0.389 e. The molecule has 0 spiro atoms. The molecular weight excluding hydrogens is 176 g/mol. The minimum atomic E-state index is -0.512. The van der Waals surface area contributed by atoms with Crippen molar-refractivity contribution in [3.05, 3.63) is 0 Å². The minimum absolute atomic E-state index is 0.186. The van der Waals surface area contributed by atoms with Crippen LogP contribution in [0.4, 0.5) is 0 Å². The quantitative estimate of drug-likeness (QED) is 0.717. The van der Waals surface area contributed by atoms with E-state index < -0.39 is 5.60 Å².